The number of hydrogen-bond donors (Lipinski definition) is 0. The fraction of sp³-hybridized carbons (Fsp3) is 0.160. The standard InChI is InChI=1S/C25H21N/c1-2-7-21-13-18(12-20(21)6-1)16-24-10-5-11-25(26-24)17-19-14-22-8-3-4-9-23(22)15-19/h1-12,14H,13,15-17H2. The highest BCUT2D eigenvalue weighted by atomic mass is 14.7. The molecule has 0 fully saturated rings. The van der Waals surface area contributed by atoms with E-state index in [0.29, 0.717) is 0 Å². The van der Waals surface area contributed by atoms with Crippen molar-refractivity contribution in [2.45, 2.75) is 25.7 Å². The first-order valence-corrected chi connectivity index (χ1v) is 9.33. The number of hydrogen-bond acceptors (Lipinski definition) is 1. The van der Waals surface area contributed by atoms with Gasteiger partial charge in [0.25, 0.3) is 0 Å². The molecule has 5 rings (SSSR count). The smallest absolute Gasteiger partial charge is 0.0447 e. The molecule has 1 aromatic heterocycles. The molecule has 126 valence electrons. The molecule has 1 heterocycles. The highest BCUT2D eigenvalue weighted by molar-refractivity contribution is 5.65. The molecule has 0 unspecified atom stereocenters. The molecule has 0 amide bonds. The predicted molar refractivity (Wildman–Crippen MR) is 108 cm³/mol. The molecule has 3 aromatic rings. The number of fused-ring (bicyclic) bond motifs is 2. The van der Waals surface area contributed by atoms with Crippen molar-refractivity contribution in [3.05, 3.63) is 112 Å². The molecule has 0 saturated heterocycles. The van der Waals surface area contributed by atoms with Crippen LogP contribution in [-0.4, -0.2) is 4.98 Å². The van der Waals surface area contributed by atoms with Crippen molar-refractivity contribution < 1.29 is 0 Å². The van der Waals surface area contributed by atoms with Gasteiger partial charge in [0.05, 0.1) is 0 Å². The van der Waals surface area contributed by atoms with E-state index in [0.717, 1.165) is 25.7 Å². The van der Waals surface area contributed by atoms with Gasteiger partial charge in [-0.25, -0.2) is 0 Å². The predicted octanol–water partition coefficient (Wildman–Crippen LogP) is 5.45. The summed E-state index contributed by atoms with van der Waals surface area (Å²) in [5.74, 6) is 0. The Labute approximate surface area is 154 Å². The topological polar surface area (TPSA) is 12.9 Å². The van der Waals surface area contributed by atoms with Crippen LogP contribution < -0.4 is 0 Å². The molecule has 2 aliphatic carbocycles. The van der Waals surface area contributed by atoms with Crippen LogP contribution in [0.5, 0.6) is 0 Å². The molecule has 0 saturated carbocycles. The van der Waals surface area contributed by atoms with Gasteiger partial charge >= 0.3 is 0 Å². The van der Waals surface area contributed by atoms with Gasteiger partial charge in [0, 0.05) is 24.2 Å². The molecule has 0 atom stereocenters. The van der Waals surface area contributed by atoms with Gasteiger partial charge in [0.15, 0.2) is 0 Å². The van der Waals surface area contributed by atoms with E-state index in [1.54, 1.807) is 0 Å². The van der Waals surface area contributed by atoms with E-state index >= 15 is 0 Å². The average Bonchev–Trinajstić information content (AvgIpc) is 3.24. The van der Waals surface area contributed by atoms with Crippen LogP contribution in [0.2, 0.25) is 0 Å². The molecule has 26 heavy (non-hydrogen) atoms. The van der Waals surface area contributed by atoms with Crippen molar-refractivity contribution in [1.29, 1.82) is 0 Å². The largest absolute Gasteiger partial charge is 0.257 e. The first-order chi connectivity index (χ1) is 12.8. The van der Waals surface area contributed by atoms with Crippen LogP contribution in [-0.2, 0) is 25.7 Å². The Bertz CT molecular complexity index is 959. The Balaban J connectivity index is 1.30. The molecule has 0 bridgehead atoms. The van der Waals surface area contributed by atoms with Crippen LogP contribution in [0.15, 0.2) is 77.9 Å². The van der Waals surface area contributed by atoms with Crippen LogP contribution in [0.25, 0.3) is 12.2 Å². The monoisotopic (exact) mass is 335 g/mol. The lowest BCUT2D eigenvalue weighted by atomic mass is 10.0. The second-order valence-corrected chi connectivity index (χ2v) is 7.33. The summed E-state index contributed by atoms with van der Waals surface area (Å²) in [6.45, 7) is 0. The van der Waals surface area contributed by atoms with Crippen molar-refractivity contribution >= 4 is 12.2 Å². The van der Waals surface area contributed by atoms with E-state index in [1.165, 1.54) is 44.8 Å². The molecular formula is C25H21N. The number of rotatable bonds is 4. The van der Waals surface area contributed by atoms with E-state index in [9.17, 15) is 0 Å². The normalized spacial score (nSPS) is 14.6. The molecule has 1 nitrogen and oxygen atoms in total. The van der Waals surface area contributed by atoms with Crippen LogP contribution in [0.1, 0.15) is 33.6 Å². The van der Waals surface area contributed by atoms with Crippen molar-refractivity contribution in [1.82, 2.24) is 4.98 Å². The van der Waals surface area contributed by atoms with E-state index in [2.05, 4.69) is 78.9 Å². The second kappa shape index (κ2) is 6.42. The Kier molecular flexibility index (Phi) is 3.79. The second-order valence-electron chi connectivity index (χ2n) is 7.33. The Morgan fingerprint density at radius 1 is 0.577 bits per heavy atom. The van der Waals surface area contributed by atoms with Gasteiger partial charge in [-0.2, -0.15) is 0 Å². The third-order valence-corrected chi connectivity index (χ3v) is 5.35. The average molecular weight is 335 g/mol. The number of pyridine rings is 1. The first-order valence-electron chi connectivity index (χ1n) is 9.33. The van der Waals surface area contributed by atoms with E-state index < -0.39 is 0 Å². The highest BCUT2D eigenvalue weighted by Gasteiger charge is 2.15. The summed E-state index contributed by atoms with van der Waals surface area (Å²) in [4.78, 5) is 4.94. The summed E-state index contributed by atoms with van der Waals surface area (Å²) in [6.07, 6.45) is 8.67. The Hall–Kier alpha value is -2.93. The summed E-state index contributed by atoms with van der Waals surface area (Å²) in [7, 11) is 0. The van der Waals surface area contributed by atoms with E-state index in [-0.39, 0.29) is 0 Å². The zero-order chi connectivity index (χ0) is 17.3. The SMILES string of the molecule is C1=C(Cc2cccc(CC3=Cc4ccccc4C3)n2)Cc2ccccc21. The number of aromatic nitrogens is 1. The fourth-order valence-electron chi connectivity index (χ4n) is 4.12. The van der Waals surface area contributed by atoms with Crippen LogP contribution >= 0.6 is 0 Å². The number of allylic oxidation sites excluding steroid dienone is 2. The minimum Gasteiger partial charge on any atom is -0.257 e. The van der Waals surface area contributed by atoms with Gasteiger partial charge in [-0.3, -0.25) is 4.98 Å². The summed E-state index contributed by atoms with van der Waals surface area (Å²) in [5, 5.41) is 0. The molecule has 0 radical (unpaired) electrons. The number of benzene rings is 2. The minimum absolute atomic E-state index is 0.946. The molecule has 1 heteroatoms. The molecule has 0 N–H and O–H groups in total. The van der Waals surface area contributed by atoms with Gasteiger partial charge in [0.2, 0.25) is 0 Å². The minimum atomic E-state index is 0.946. The first kappa shape index (κ1) is 15.3. The van der Waals surface area contributed by atoms with Crippen LogP contribution in [0, 0.1) is 0 Å². The van der Waals surface area contributed by atoms with E-state index in [1.807, 2.05) is 0 Å². The lowest BCUT2D eigenvalue weighted by molar-refractivity contribution is 0.947. The fourth-order valence-corrected chi connectivity index (χ4v) is 4.12. The zero-order valence-electron chi connectivity index (χ0n) is 14.8. The quantitative estimate of drug-likeness (QED) is 0.618. The van der Waals surface area contributed by atoms with Crippen molar-refractivity contribution in [2.75, 3.05) is 0 Å². The summed E-state index contributed by atoms with van der Waals surface area (Å²) < 4.78 is 0. The van der Waals surface area contributed by atoms with Gasteiger partial charge in [-0.1, -0.05) is 77.9 Å². The maximum atomic E-state index is 4.94. The molecule has 0 spiro atoms. The van der Waals surface area contributed by atoms with Gasteiger partial charge < -0.3 is 0 Å². The molecule has 0 aliphatic heterocycles. The van der Waals surface area contributed by atoms with Crippen LogP contribution in [0.4, 0.5) is 0 Å². The van der Waals surface area contributed by atoms with E-state index in [4.69, 9.17) is 4.98 Å². The maximum Gasteiger partial charge on any atom is 0.0447 e. The van der Waals surface area contributed by atoms with Crippen molar-refractivity contribution in [2.24, 2.45) is 0 Å². The summed E-state index contributed by atoms with van der Waals surface area (Å²) in [5.41, 5.74) is 10.9. The Morgan fingerprint density at radius 3 is 1.58 bits per heavy atom. The van der Waals surface area contributed by atoms with Gasteiger partial charge in [-0.05, 0) is 47.2 Å². The Morgan fingerprint density at radius 2 is 1.08 bits per heavy atom. The van der Waals surface area contributed by atoms with Gasteiger partial charge in [0.1, 0.15) is 0 Å². The molecular weight excluding hydrogens is 314 g/mol. The summed E-state index contributed by atoms with van der Waals surface area (Å²) in [6, 6.07) is 23.8. The maximum absolute atomic E-state index is 4.94. The molecule has 2 aliphatic rings. The summed E-state index contributed by atoms with van der Waals surface area (Å²) >= 11 is 0. The number of nitrogens with zero attached hydrogens (tertiary/aromatic N) is 1. The zero-order valence-corrected chi connectivity index (χ0v) is 14.8. The highest BCUT2D eigenvalue weighted by Crippen LogP contribution is 2.28. The lowest BCUT2D eigenvalue weighted by Gasteiger charge is -2.06. The van der Waals surface area contributed by atoms with Crippen LogP contribution in [0.3, 0.4) is 0 Å². The van der Waals surface area contributed by atoms with Crippen molar-refractivity contribution in [3.8, 4) is 0 Å². The van der Waals surface area contributed by atoms with Crippen molar-refractivity contribution in [3.63, 3.8) is 0 Å². The molecule has 2 aromatic carbocycles. The third-order valence-electron chi connectivity index (χ3n) is 5.35. The van der Waals surface area contributed by atoms with Gasteiger partial charge in [-0.15, -0.1) is 0 Å². The third kappa shape index (κ3) is 3.01. The lowest BCUT2D eigenvalue weighted by Crippen LogP contribution is -1.99.